The van der Waals surface area contributed by atoms with Crippen LogP contribution in [0.25, 0.3) is 0 Å². The van der Waals surface area contributed by atoms with E-state index in [0.29, 0.717) is 22.0 Å². The van der Waals surface area contributed by atoms with Crippen LogP contribution in [0.5, 0.6) is 0 Å². The quantitative estimate of drug-likeness (QED) is 0.498. The first-order valence-electron chi connectivity index (χ1n) is 10.7. The topological polar surface area (TPSA) is 83.4 Å². The summed E-state index contributed by atoms with van der Waals surface area (Å²) in [7, 11) is 0. The number of carbonyl (C=O) groups excluding carboxylic acids is 2. The molecule has 0 spiro atoms. The largest absolute Gasteiger partial charge is 0.503 e. The summed E-state index contributed by atoms with van der Waals surface area (Å²) in [5.74, 6) is -1.54. The van der Waals surface area contributed by atoms with Gasteiger partial charge in [0.15, 0.2) is 5.76 Å². The first-order chi connectivity index (χ1) is 15.4. The number of anilines is 1. The second-order valence-electron chi connectivity index (χ2n) is 7.84. The summed E-state index contributed by atoms with van der Waals surface area (Å²) in [5, 5.41) is 11.6. The summed E-state index contributed by atoms with van der Waals surface area (Å²) in [6.45, 7) is 5.73. The lowest BCUT2D eigenvalue weighted by Gasteiger charge is -2.26. The number of benzene rings is 1. The van der Waals surface area contributed by atoms with Gasteiger partial charge in [-0.05, 0) is 56.5 Å². The number of aliphatic hydroxyl groups excluding tert-OH is 1. The molecular formula is C25H25N3O3S. The Morgan fingerprint density at radius 1 is 1.16 bits per heavy atom. The molecule has 1 aromatic carbocycles. The monoisotopic (exact) mass is 447 g/mol. The molecule has 164 valence electrons. The number of hydrogen-bond donors (Lipinski definition) is 1. The van der Waals surface area contributed by atoms with E-state index in [1.165, 1.54) is 21.8 Å². The van der Waals surface area contributed by atoms with Crippen LogP contribution >= 0.6 is 11.3 Å². The number of aromatic nitrogens is 2. The Hall–Kier alpha value is -3.32. The zero-order valence-corrected chi connectivity index (χ0v) is 19.1. The van der Waals surface area contributed by atoms with Crippen molar-refractivity contribution in [2.75, 3.05) is 4.90 Å². The molecule has 4 rings (SSSR count). The molecule has 1 unspecified atom stereocenters. The molecule has 0 bridgehead atoms. The third kappa shape index (κ3) is 3.96. The van der Waals surface area contributed by atoms with E-state index in [9.17, 15) is 14.7 Å². The third-order valence-corrected chi connectivity index (χ3v) is 6.64. The Bertz CT molecular complexity index is 1180. The van der Waals surface area contributed by atoms with Gasteiger partial charge in [-0.3, -0.25) is 19.5 Å². The van der Waals surface area contributed by atoms with Gasteiger partial charge in [0.2, 0.25) is 5.78 Å². The number of amides is 1. The average molecular weight is 448 g/mol. The van der Waals surface area contributed by atoms with Crippen LogP contribution in [-0.2, 0) is 11.2 Å². The highest BCUT2D eigenvalue weighted by molar-refractivity contribution is 7.14. The van der Waals surface area contributed by atoms with E-state index in [0.717, 1.165) is 24.3 Å². The van der Waals surface area contributed by atoms with Crippen molar-refractivity contribution in [2.24, 2.45) is 0 Å². The van der Waals surface area contributed by atoms with Gasteiger partial charge in [0.25, 0.3) is 5.91 Å². The molecule has 7 heteroatoms. The fraction of sp³-hybridized carbons (Fsp3) is 0.280. The number of hydrogen-bond acceptors (Lipinski definition) is 6. The summed E-state index contributed by atoms with van der Waals surface area (Å²) in [6, 6.07) is 12.2. The van der Waals surface area contributed by atoms with E-state index < -0.39 is 23.5 Å². The first-order valence-corrected chi connectivity index (χ1v) is 11.5. The van der Waals surface area contributed by atoms with Gasteiger partial charge in [-0.2, -0.15) is 0 Å². The minimum Gasteiger partial charge on any atom is -0.503 e. The highest BCUT2D eigenvalue weighted by Crippen LogP contribution is 2.42. The molecule has 2 aromatic heterocycles. The Morgan fingerprint density at radius 2 is 1.91 bits per heavy atom. The predicted octanol–water partition coefficient (Wildman–Crippen LogP) is 5.28. The maximum absolute atomic E-state index is 13.5. The molecule has 32 heavy (non-hydrogen) atoms. The van der Waals surface area contributed by atoms with Crippen molar-refractivity contribution >= 4 is 28.7 Å². The second kappa shape index (κ2) is 9.04. The zero-order chi connectivity index (χ0) is 22.8. The number of rotatable bonds is 7. The van der Waals surface area contributed by atoms with Gasteiger partial charge in [0, 0.05) is 11.9 Å². The van der Waals surface area contributed by atoms with Crippen molar-refractivity contribution in [3.8, 4) is 0 Å². The minimum atomic E-state index is -0.820. The van der Waals surface area contributed by atoms with Crippen molar-refractivity contribution in [3.05, 3.63) is 86.8 Å². The molecule has 1 atom stereocenters. The summed E-state index contributed by atoms with van der Waals surface area (Å²) in [5.41, 5.74) is 2.93. The third-order valence-electron chi connectivity index (χ3n) is 5.56. The Balaban J connectivity index is 1.79. The standard InChI is InChI=1S/C25H25N3O3S/c1-4-5-8-17-10-12-18(13-11-17)28-21(19-9-6-7-14-26-19)20(23(30)25(28)31)22(29)24-15(2)27-16(3)32-24/h6-7,9-14,21,30H,4-5,8H2,1-3H3. The van der Waals surface area contributed by atoms with Crippen LogP contribution in [-0.4, -0.2) is 26.8 Å². The number of unbranched alkanes of at least 4 members (excludes halogenated alkanes) is 1. The van der Waals surface area contributed by atoms with Gasteiger partial charge in [-0.15, -0.1) is 11.3 Å². The maximum Gasteiger partial charge on any atom is 0.294 e. The van der Waals surface area contributed by atoms with E-state index in [1.807, 2.05) is 31.2 Å². The Kier molecular flexibility index (Phi) is 6.19. The molecule has 3 heterocycles. The summed E-state index contributed by atoms with van der Waals surface area (Å²) < 4.78 is 0. The van der Waals surface area contributed by atoms with Crippen LogP contribution in [0.1, 0.15) is 57.4 Å². The number of aryl methyl sites for hydroxylation is 3. The maximum atomic E-state index is 13.5. The number of carbonyl (C=O) groups is 2. The Labute approximate surface area is 191 Å². The molecule has 0 saturated heterocycles. The number of ketones is 1. The lowest BCUT2D eigenvalue weighted by molar-refractivity contribution is -0.117. The van der Waals surface area contributed by atoms with E-state index in [2.05, 4.69) is 16.9 Å². The van der Waals surface area contributed by atoms with Crippen LogP contribution in [0, 0.1) is 13.8 Å². The van der Waals surface area contributed by atoms with E-state index >= 15 is 0 Å². The molecule has 0 saturated carbocycles. The molecule has 0 fully saturated rings. The first kappa shape index (κ1) is 21.9. The zero-order valence-electron chi connectivity index (χ0n) is 18.3. The SMILES string of the molecule is CCCCc1ccc(N2C(=O)C(O)=C(C(=O)c3sc(C)nc3C)C2c2ccccn2)cc1. The number of Topliss-reactive ketones (excluding diaryl/α,β-unsaturated/α-hetero) is 1. The molecule has 1 N–H and O–H groups in total. The second-order valence-corrected chi connectivity index (χ2v) is 9.04. The summed E-state index contributed by atoms with van der Waals surface area (Å²) in [4.78, 5) is 37.4. The minimum absolute atomic E-state index is 0.0375. The molecule has 1 aliphatic rings. The summed E-state index contributed by atoms with van der Waals surface area (Å²) in [6.07, 6.45) is 4.78. The van der Waals surface area contributed by atoms with Crippen LogP contribution in [0.3, 0.4) is 0 Å². The van der Waals surface area contributed by atoms with Crippen LogP contribution < -0.4 is 4.90 Å². The summed E-state index contributed by atoms with van der Waals surface area (Å²) >= 11 is 1.26. The fourth-order valence-electron chi connectivity index (χ4n) is 3.99. The van der Waals surface area contributed by atoms with Gasteiger partial charge in [0.1, 0.15) is 6.04 Å². The highest BCUT2D eigenvalue weighted by Gasteiger charge is 2.45. The van der Waals surface area contributed by atoms with Crippen molar-refractivity contribution in [3.63, 3.8) is 0 Å². The molecule has 0 radical (unpaired) electrons. The Morgan fingerprint density at radius 3 is 2.50 bits per heavy atom. The van der Waals surface area contributed by atoms with Crippen LogP contribution in [0.2, 0.25) is 0 Å². The smallest absolute Gasteiger partial charge is 0.294 e. The van der Waals surface area contributed by atoms with E-state index in [1.54, 1.807) is 31.3 Å². The van der Waals surface area contributed by atoms with Crippen molar-refractivity contribution in [1.82, 2.24) is 9.97 Å². The molecule has 0 aliphatic carbocycles. The highest BCUT2D eigenvalue weighted by atomic mass is 32.1. The predicted molar refractivity (Wildman–Crippen MR) is 125 cm³/mol. The normalized spacial score (nSPS) is 16.2. The molecule has 1 amide bonds. The van der Waals surface area contributed by atoms with Crippen molar-refractivity contribution in [2.45, 2.75) is 46.1 Å². The van der Waals surface area contributed by atoms with Crippen molar-refractivity contribution < 1.29 is 14.7 Å². The molecule has 6 nitrogen and oxygen atoms in total. The molecular weight excluding hydrogens is 422 g/mol. The lowest BCUT2D eigenvalue weighted by Crippen LogP contribution is -2.31. The lowest BCUT2D eigenvalue weighted by atomic mass is 9.98. The van der Waals surface area contributed by atoms with Gasteiger partial charge >= 0.3 is 0 Å². The average Bonchev–Trinajstić information content (AvgIpc) is 3.28. The van der Waals surface area contributed by atoms with Crippen LogP contribution in [0.15, 0.2) is 60.0 Å². The van der Waals surface area contributed by atoms with Crippen LogP contribution in [0.4, 0.5) is 5.69 Å². The van der Waals surface area contributed by atoms with Gasteiger partial charge < -0.3 is 5.11 Å². The van der Waals surface area contributed by atoms with Gasteiger partial charge in [-0.25, -0.2) is 4.98 Å². The van der Waals surface area contributed by atoms with E-state index in [-0.39, 0.29) is 5.57 Å². The number of pyridine rings is 1. The fourth-order valence-corrected chi connectivity index (χ4v) is 4.86. The number of thiazole rings is 1. The van der Waals surface area contributed by atoms with Gasteiger partial charge in [-0.1, -0.05) is 31.5 Å². The van der Waals surface area contributed by atoms with Gasteiger partial charge in [0.05, 0.1) is 26.8 Å². The molecule has 3 aromatic rings. The van der Waals surface area contributed by atoms with Crippen molar-refractivity contribution in [1.29, 1.82) is 0 Å². The number of aliphatic hydroxyl groups is 1. The van der Waals surface area contributed by atoms with E-state index in [4.69, 9.17) is 0 Å². The number of nitrogens with zero attached hydrogens (tertiary/aromatic N) is 3. The molecule has 1 aliphatic heterocycles.